The molecule has 0 radical (unpaired) electrons. The van der Waals surface area contributed by atoms with E-state index >= 15 is 0 Å². The van der Waals surface area contributed by atoms with Crippen molar-refractivity contribution in [3.05, 3.63) is 47.3 Å². The fraction of sp³-hybridized carbons (Fsp3) is 0.250. The number of H-pyrrole nitrogens is 1. The number of aromatic amines is 1. The van der Waals surface area contributed by atoms with E-state index in [-0.39, 0.29) is 18.2 Å². The van der Waals surface area contributed by atoms with Gasteiger partial charge < -0.3 is 4.74 Å². The first-order valence-corrected chi connectivity index (χ1v) is 5.52. The first kappa shape index (κ1) is 12.2. The smallest absolute Gasteiger partial charge is 0.378 e. The lowest BCUT2D eigenvalue weighted by Gasteiger charge is -1.97. The summed E-state index contributed by atoms with van der Waals surface area (Å²) in [7, 11) is 0. The molecule has 1 N–H and O–H groups in total. The van der Waals surface area contributed by atoms with Gasteiger partial charge >= 0.3 is 5.97 Å². The third-order valence-electron chi connectivity index (χ3n) is 2.27. The molecule has 18 heavy (non-hydrogen) atoms. The van der Waals surface area contributed by atoms with Crippen molar-refractivity contribution in [3.8, 4) is 0 Å². The van der Waals surface area contributed by atoms with Gasteiger partial charge in [0.05, 0.1) is 6.61 Å². The minimum Gasteiger partial charge on any atom is -0.460 e. The normalized spacial score (nSPS) is 10.3. The minimum atomic E-state index is -0.556. The van der Waals surface area contributed by atoms with E-state index in [1.54, 1.807) is 19.1 Å². The molecule has 0 saturated carbocycles. The Hall–Kier alpha value is -2.24. The molecule has 0 unspecified atom stereocenters. The number of hydrogen-bond acceptors (Lipinski definition) is 4. The van der Waals surface area contributed by atoms with Crippen LogP contribution >= 0.6 is 0 Å². The number of aromatic nitrogens is 3. The molecule has 0 atom stereocenters. The standard InChI is InChI=1S/C12H12FN3O2/c1-2-18-12(17)11-14-10(15-16-11)7-8-3-5-9(13)6-4-8/h3-6H,2,7H2,1H3,(H,14,15,16). The lowest BCUT2D eigenvalue weighted by Crippen LogP contribution is -2.06. The number of nitrogens with zero attached hydrogens (tertiary/aromatic N) is 2. The van der Waals surface area contributed by atoms with Gasteiger partial charge in [-0.05, 0) is 24.6 Å². The summed E-state index contributed by atoms with van der Waals surface area (Å²) in [6.07, 6.45) is 0.451. The molecule has 5 nitrogen and oxygen atoms in total. The summed E-state index contributed by atoms with van der Waals surface area (Å²) in [5.74, 6) is -0.304. The molecule has 1 heterocycles. The van der Waals surface area contributed by atoms with E-state index in [9.17, 15) is 9.18 Å². The number of halogens is 1. The van der Waals surface area contributed by atoms with Crippen LogP contribution in [0.5, 0.6) is 0 Å². The van der Waals surface area contributed by atoms with Crippen molar-refractivity contribution in [3.63, 3.8) is 0 Å². The number of esters is 1. The van der Waals surface area contributed by atoms with Crippen LogP contribution < -0.4 is 0 Å². The molecule has 0 spiro atoms. The SMILES string of the molecule is CCOC(=O)c1n[nH]c(Cc2ccc(F)cc2)n1. The zero-order valence-corrected chi connectivity index (χ0v) is 9.81. The van der Waals surface area contributed by atoms with Crippen LogP contribution in [0, 0.1) is 5.82 Å². The number of benzene rings is 1. The summed E-state index contributed by atoms with van der Waals surface area (Å²) in [6, 6.07) is 6.06. The molecule has 94 valence electrons. The van der Waals surface area contributed by atoms with Crippen LogP contribution in [0.1, 0.15) is 28.9 Å². The Bertz CT molecular complexity index is 537. The molecule has 0 aliphatic heterocycles. The summed E-state index contributed by atoms with van der Waals surface area (Å²) >= 11 is 0. The van der Waals surface area contributed by atoms with Gasteiger partial charge in [-0.15, -0.1) is 5.10 Å². The van der Waals surface area contributed by atoms with Crippen LogP contribution in [-0.2, 0) is 11.2 Å². The quantitative estimate of drug-likeness (QED) is 0.837. The predicted molar refractivity (Wildman–Crippen MR) is 61.5 cm³/mol. The van der Waals surface area contributed by atoms with Gasteiger partial charge in [0.2, 0.25) is 0 Å². The number of rotatable bonds is 4. The molecule has 0 amide bonds. The van der Waals surface area contributed by atoms with Crippen LogP contribution in [0.2, 0.25) is 0 Å². The lowest BCUT2D eigenvalue weighted by atomic mass is 10.1. The summed E-state index contributed by atoms with van der Waals surface area (Å²) < 4.78 is 17.5. The van der Waals surface area contributed by atoms with Crippen molar-refractivity contribution in [2.24, 2.45) is 0 Å². The molecule has 2 rings (SSSR count). The van der Waals surface area contributed by atoms with Crippen molar-refractivity contribution in [2.45, 2.75) is 13.3 Å². The molecule has 0 bridgehead atoms. The van der Waals surface area contributed by atoms with Crippen molar-refractivity contribution in [1.29, 1.82) is 0 Å². The third-order valence-corrected chi connectivity index (χ3v) is 2.27. The fourth-order valence-electron chi connectivity index (χ4n) is 1.46. The molecule has 0 fully saturated rings. The number of hydrogen-bond donors (Lipinski definition) is 1. The molecule has 0 saturated heterocycles. The Kier molecular flexibility index (Phi) is 3.66. The topological polar surface area (TPSA) is 67.9 Å². The van der Waals surface area contributed by atoms with Gasteiger partial charge in [0.15, 0.2) is 0 Å². The number of nitrogens with one attached hydrogen (secondary N) is 1. The largest absolute Gasteiger partial charge is 0.460 e. The second-order valence-corrected chi connectivity index (χ2v) is 3.63. The number of carbonyl (C=O) groups is 1. The second-order valence-electron chi connectivity index (χ2n) is 3.63. The van der Waals surface area contributed by atoms with E-state index in [1.807, 2.05) is 0 Å². The van der Waals surface area contributed by atoms with Gasteiger partial charge in [0.25, 0.3) is 5.82 Å². The molecular formula is C12H12FN3O2. The zero-order valence-electron chi connectivity index (χ0n) is 9.81. The second kappa shape index (κ2) is 5.39. The van der Waals surface area contributed by atoms with Crippen LogP contribution in [0.15, 0.2) is 24.3 Å². The van der Waals surface area contributed by atoms with Crippen LogP contribution in [0.3, 0.4) is 0 Å². The molecule has 1 aromatic heterocycles. The Morgan fingerprint density at radius 3 is 2.78 bits per heavy atom. The maximum Gasteiger partial charge on any atom is 0.378 e. The van der Waals surface area contributed by atoms with E-state index < -0.39 is 5.97 Å². The average Bonchev–Trinajstić information content (AvgIpc) is 2.81. The van der Waals surface area contributed by atoms with E-state index in [4.69, 9.17) is 4.74 Å². The summed E-state index contributed by atoms with van der Waals surface area (Å²) in [5.41, 5.74) is 0.878. The highest BCUT2D eigenvalue weighted by Crippen LogP contribution is 2.07. The minimum absolute atomic E-state index is 0.00830. The fourth-order valence-corrected chi connectivity index (χ4v) is 1.46. The molecule has 0 aliphatic carbocycles. The average molecular weight is 249 g/mol. The van der Waals surface area contributed by atoms with Crippen molar-refractivity contribution in [2.75, 3.05) is 6.61 Å². The molecule has 0 aliphatic rings. The van der Waals surface area contributed by atoms with E-state index in [1.165, 1.54) is 12.1 Å². The van der Waals surface area contributed by atoms with Crippen molar-refractivity contribution in [1.82, 2.24) is 15.2 Å². The maximum absolute atomic E-state index is 12.7. The third kappa shape index (κ3) is 2.91. The molecule has 2 aromatic rings. The number of ether oxygens (including phenoxy) is 1. The number of carbonyl (C=O) groups excluding carboxylic acids is 1. The van der Waals surface area contributed by atoms with Gasteiger partial charge in [-0.3, -0.25) is 5.10 Å². The van der Waals surface area contributed by atoms with Gasteiger partial charge in [-0.1, -0.05) is 12.1 Å². The summed E-state index contributed by atoms with van der Waals surface area (Å²) in [4.78, 5) is 15.3. The van der Waals surface area contributed by atoms with Gasteiger partial charge in [0.1, 0.15) is 11.6 Å². The monoisotopic (exact) mass is 249 g/mol. The van der Waals surface area contributed by atoms with Gasteiger partial charge in [-0.25, -0.2) is 14.2 Å². The molecule has 1 aromatic carbocycles. The van der Waals surface area contributed by atoms with Crippen molar-refractivity contribution < 1.29 is 13.9 Å². The van der Waals surface area contributed by atoms with Gasteiger partial charge in [0, 0.05) is 6.42 Å². The van der Waals surface area contributed by atoms with E-state index in [0.717, 1.165) is 5.56 Å². The first-order valence-electron chi connectivity index (χ1n) is 5.52. The Labute approximate surface area is 103 Å². The maximum atomic E-state index is 12.7. The highest BCUT2D eigenvalue weighted by molar-refractivity contribution is 5.84. The highest BCUT2D eigenvalue weighted by atomic mass is 19.1. The first-order chi connectivity index (χ1) is 8.69. The van der Waals surface area contributed by atoms with Crippen molar-refractivity contribution >= 4 is 5.97 Å². The lowest BCUT2D eigenvalue weighted by molar-refractivity contribution is 0.0512. The van der Waals surface area contributed by atoms with Crippen LogP contribution in [0.4, 0.5) is 4.39 Å². The molecular weight excluding hydrogens is 237 g/mol. The van der Waals surface area contributed by atoms with Crippen LogP contribution in [-0.4, -0.2) is 27.8 Å². The van der Waals surface area contributed by atoms with E-state index in [2.05, 4.69) is 15.2 Å². The summed E-state index contributed by atoms with van der Waals surface area (Å²) in [5, 5.41) is 6.42. The Morgan fingerprint density at radius 2 is 2.11 bits per heavy atom. The van der Waals surface area contributed by atoms with E-state index in [0.29, 0.717) is 12.2 Å². The molecule has 6 heteroatoms. The zero-order chi connectivity index (χ0) is 13.0. The Balaban J connectivity index is 2.06. The Morgan fingerprint density at radius 1 is 1.39 bits per heavy atom. The van der Waals surface area contributed by atoms with Crippen LogP contribution in [0.25, 0.3) is 0 Å². The predicted octanol–water partition coefficient (Wildman–Crippen LogP) is 1.71. The summed E-state index contributed by atoms with van der Waals surface area (Å²) in [6.45, 7) is 1.99. The highest BCUT2D eigenvalue weighted by Gasteiger charge is 2.13. The van der Waals surface area contributed by atoms with Gasteiger partial charge in [-0.2, -0.15) is 0 Å².